The Labute approximate surface area is 99.9 Å². The van der Waals surface area contributed by atoms with Gasteiger partial charge in [0, 0.05) is 30.0 Å². The van der Waals surface area contributed by atoms with Crippen molar-refractivity contribution in [2.75, 3.05) is 0 Å². The summed E-state index contributed by atoms with van der Waals surface area (Å²) in [4.78, 5) is 7.01. The van der Waals surface area contributed by atoms with Crippen LogP contribution < -0.4 is 5.32 Å². The van der Waals surface area contributed by atoms with E-state index in [2.05, 4.69) is 21.4 Å². The molecule has 0 aliphatic heterocycles. The van der Waals surface area contributed by atoms with Gasteiger partial charge in [0.1, 0.15) is 0 Å². The predicted octanol–water partition coefficient (Wildman–Crippen LogP) is 2.66. The highest BCUT2D eigenvalue weighted by molar-refractivity contribution is 6.31. The molecule has 1 aromatic carbocycles. The summed E-state index contributed by atoms with van der Waals surface area (Å²) in [5.41, 5.74) is 3.44. The molecule has 0 saturated carbocycles. The van der Waals surface area contributed by atoms with Crippen molar-refractivity contribution in [2.45, 2.75) is 20.0 Å². The first kappa shape index (κ1) is 11.2. The lowest BCUT2D eigenvalue weighted by molar-refractivity contribution is 0.682. The van der Waals surface area contributed by atoms with Crippen LogP contribution in [0.1, 0.15) is 16.8 Å². The fourth-order valence-electron chi connectivity index (χ4n) is 1.54. The first-order valence-corrected chi connectivity index (χ1v) is 5.56. The number of hydrogen-bond donors (Lipinski definition) is 2. The maximum atomic E-state index is 5.96. The lowest BCUT2D eigenvalue weighted by Crippen LogP contribution is -2.12. The molecule has 0 unspecified atom stereocenters. The Balaban J connectivity index is 1.87. The van der Waals surface area contributed by atoms with Gasteiger partial charge in [0.25, 0.3) is 0 Å². The van der Waals surface area contributed by atoms with E-state index in [0.717, 1.165) is 29.4 Å². The molecule has 0 spiro atoms. The van der Waals surface area contributed by atoms with Gasteiger partial charge in [-0.25, -0.2) is 4.98 Å². The second kappa shape index (κ2) is 5.14. The first-order chi connectivity index (χ1) is 7.75. The van der Waals surface area contributed by atoms with Crippen LogP contribution in [0.5, 0.6) is 0 Å². The number of rotatable bonds is 4. The van der Waals surface area contributed by atoms with E-state index in [1.54, 1.807) is 6.33 Å². The van der Waals surface area contributed by atoms with Gasteiger partial charge in [0.05, 0.1) is 6.33 Å². The molecule has 0 fully saturated rings. The highest BCUT2D eigenvalue weighted by Gasteiger charge is 1.98. The third-order valence-electron chi connectivity index (χ3n) is 2.42. The fraction of sp³-hybridized carbons (Fsp3) is 0.250. The molecule has 2 rings (SSSR count). The Morgan fingerprint density at radius 1 is 1.38 bits per heavy atom. The molecule has 0 amide bonds. The normalized spacial score (nSPS) is 10.6. The van der Waals surface area contributed by atoms with E-state index in [0.29, 0.717) is 0 Å². The van der Waals surface area contributed by atoms with E-state index in [1.165, 1.54) is 5.56 Å². The molecule has 0 bridgehead atoms. The minimum atomic E-state index is 0.793. The number of aryl methyl sites for hydroxylation is 1. The lowest BCUT2D eigenvalue weighted by atomic mass is 10.1. The number of imidazole rings is 1. The zero-order valence-corrected chi connectivity index (χ0v) is 9.88. The Kier molecular flexibility index (Phi) is 3.59. The van der Waals surface area contributed by atoms with Crippen molar-refractivity contribution < 1.29 is 0 Å². The first-order valence-electron chi connectivity index (χ1n) is 5.18. The number of benzene rings is 1. The van der Waals surface area contributed by atoms with Gasteiger partial charge in [0.2, 0.25) is 0 Å². The van der Waals surface area contributed by atoms with Crippen LogP contribution >= 0.6 is 11.6 Å². The zero-order valence-electron chi connectivity index (χ0n) is 9.13. The van der Waals surface area contributed by atoms with Gasteiger partial charge >= 0.3 is 0 Å². The minimum absolute atomic E-state index is 0.793. The zero-order chi connectivity index (χ0) is 11.4. The SMILES string of the molecule is Cc1cc(CNCc2cnc[nH]2)ccc1Cl. The van der Waals surface area contributed by atoms with Crippen LogP contribution in [0.3, 0.4) is 0 Å². The molecule has 2 N–H and O–H groups in total. The monoisotopic (exact) mass is 235 g/mol. The maximum absolute atomic E-state index is 5.96. The number of nitrogens with one attached hydrogen (secondary N) is 2. The van der Waals surface area contributed by atoms with Crippen molar-refractivity contribution in [3.63, 3.8) is 0 Å². The molecule has 16 heavy (non-hydrogen) atoms. The van der Waals surface area contributed by atoms with Crippen LogP contribution in [-0.2, 0) is 13.1 Å². The molecule has 2 aromatic rings. The second-order valence-corrected chi connectivity index (χ2v) is 4.17. The van der Waals surface area contributed by atoms with Crippen LogP contribution in [-0.4, -0.2) is 9.97 Å². The third-order valence-corrected chi connectivity index (χ3v) is 2.85. The molecule has 1 heterocycles. The van der Waals surface area contributed by atoms with E-state index < -0.39 is 0 Å². The Morgan fingerprint density at radius 3 is 2.94 bits per heavy atom. The molecule has 84 valence electrons. The van der Waals surface area contributed by atoms with Crippen molar-refractivity contribution in [1.82, 2.24) is 15.3 Å². The summed E-state index contributed by atoms with van der Waals surface area (Å²) in [5.74, 6) is 0. The number of aromatic amines is 1. The fourth-order valence-corrected chi connectivity index (χ4v) is 1.66. The largest absolute Gasteiger partial charge is 0.347 e. The van der Waals surface area contributed by atoms with Gasteiger partial charge in [-0.15, -0.1) is 0 Å². The lowest BCUT2D eigenvalue weighted by Gasteiger charge is -2.05. The van der Waals surface area contributed by atoms with Crippen LogP contribution in [0.2, 0.25) is 5.02 Å². The topological polar surface area (TPSA) is 40.7 Å². The quantitative estimate of drug-likeness (QED) is 0.856. The van der Waals surface area contributed by atoms with Crippen LogP contribution in [0, 0.1) is 6.92 Å². The van der Waals surface area contributed by atoms with Gasteiger partial charge < -0.3 is 10.3 Å². The molecule has 0 aliphatic carbocycles. The molecule has 4 heteroatoms. The Morgan fingerprint density at radius 2 is 2.25 bits per heavy atom. The van der Waals surface area contributed by atoms with Gasteiger partial charge in [-0.1, -0.05) is 23.7 Å². The Hall–Kier alpha value is -1.32. The summed E-state index contributed by atoms with van der Waals surface area (Å²) in [5, 5.41) is 4.15. The standard InChI is InChI=1S/C12H14ClN3/c1-9-4-10(2-3-12(9)13)5-14-6-11-7-15-8-16-11/h2-4,7-8,14H,5-6H2,1H3,(H,15,16). The summed E-state index contributed by atoms with van der Waals surface area (Å²) < 4.78 is 0. The summed E-state index contributed by atoms with van der Waals surface area (Å²) >= 11 is 5.96. The molecule has 3 nitrogen and oxygen atoms in total. The molecule has 0 radical (unpaired) electrons. The average molecular weight is 236 g/mol. The van der Waals surface area contributed by atoms with Crippen LogP contribution in [0.15, 0.2) is 30.7 Å². The van der Waals surface area contributed by atoms with Crippen molar-refractivity contribution >= 4 is 11.6 Å². The summed E-state index contributed by atoms with van der Waals surface area (Å²) in [7, 11) is 0. The predicted molar refractivity (Wildman–Crippen MR) is 65.3 cm³/mol. The molecule has 0 aliphatic rings. The number of nitrogens with zero attached hydrogens (tertiary/aromatic N) is 1. The van der Waals surface area contributed by atoms with E-state index in [1.807, 2.05) is 25.3 Å². The van der Waals surface area contributed by atoms with E-state index in [-0.39, 0.29) is 0 Å². The van der Waals surface area contributed by atoms with Gasteiger partial charge in [-0.3, -0.25) is 0 Å². The van der Waals surface area contributed by atoms with Gasteiger partial charge in [-0.2, -0.15) is 0 Å². The molecule has 0 atom stereocenters. The second-order valence-electron chi connectivity index (χ2n) is 3.76. The maximum Gasteiger partial charge on any atom is 0.0922 e. The van der Waals surface area contributed by atoms with Crippen molar-refractivity contribution in [2.24, 2.45) is 0 Å². The van der Waals surface area contributed by atoms with Gasteiger partial charge in [-0.05, 0) is 24.1 Å². The van der Waals surface area contributed by atoms with Crippen molar-refractivity contribution in [1.29, 1.82) is 0 Å². The van der Waals surface area contributed by atoms with Crippen LogP contribution in [0.4, 0.5) is 0 Å². The van der Waals surface area contributed by atoms with Crippen molar-refractivity contribution in [3.05, 3.63) is 52.6 Å². The summed E-state index contributed by atoms with van der Waals surface area (Å²) in [6.45, 7) is 3.64. The smallest absolute Gasteiger partial charge is 0.0922 e. The number of aromatic nitrogens is 2. The highest BCUT2D eigenvalue weighted by atomic mass is 35.5. The summed E-state index contributed by atoms with van der Waals surface area (Å²) in [6, 6.07) is 6.07. The Bertz CT molecular complexity index is 451. The number of halogens is 1. The van der Waals surface area contributed by atoms with Crippen LogP contribution in [0.25, 0.3) is 0 Å². The van der Waals surface area contributed by atoms with E-state index in [9.17, 15) is 0 Å². The number of hydrogen-bond acceptors (Lipinski definition) is 2. The summed E-state index contributed by atoms with van der Waals surface area (Å²) in [6.07, 6.45) is 3.50. The minimum Gasteiger partial charge on any atom is -0.347 e. The van der Waals surface area contributed by atoms with Gasteiger partial charge in [0.15, 0.2) is 0 Å². The van der Waals surface area contributed by atoms with E-state index in [4.69, 9.17) is 11.6 Å². The highest BCUT2D eigenvalue weighted by Crippen LogP contribution is 2.16. The third kappa shape index (κ3) is 2.84. The molecular formula is C12H14ClN3. The number of H-pyrrole nitrogens is 1. The molecular weight excluding hydrogens is 222 g/mol. The average Bonchev–Trinajstić information content (AvgIpc) is 2.76. The van der Waals surface area contributed by atoms with E-state index >= 15 is 0 Å². The molecule has 1 aromatic heterocycles. The van der Waals surface area contributed by atoms with Crippen molar-refractivity contribution in [3.8, 4) is 0 Å². The molecule has 0 saturated heterocycles.